The Hall–Kier alpha value is -2.22. The van der Waals surface area contributed by atoms with Crippen molar-refractivity contribution in [2.45, 2.75) is 30.1 Å². The smallest absolute Gasteiger partial charge is 0.243 e. The van der Waals surface area contributed by atoms with Crippen LogP contribution in [-0.2, 0) is 10.0 Å². The lowest BCUT2D eigenvalue weighted by Crippen LogP contribution is -2.39. The Morgan fingerprint density at radius 3 is 2.55 bits per heavy atom. The monoisotopic (exact) mass is 429 g/mol. The van der Waals surface area contributed by atoms with Gasteiger partial charge in [0, 0.05) is 29.6 Å². The van der Waals surface area contributed by atoms with Gasteiger partial charge in [0.1, 0.15) is 0 Å². The van der Waals surface area contributed by atoms with E-state index in [2.05, 4.69) is 10.1 Å². The highest BCUT2D eigenvalue weighted by molar-refractivity contribution is 7.89. The van der Waals surface area contributed by atoms with Gasteiger partial charge in [-0.15, -0.1) is 0 Å². The summed E-state index contributed by atoms with van der Waals surface area (Å²) in [6.45, 7) is 1.03. The fourth-order valence-corrected chi connectivity index (χ4v) is 5.94. The van der Waals surface area contributed by atoms with Gasteiger partial charge in [0.15, 0.2) is 0 Å². The lowest BCUT2D eigenvalue weighted by Gasteiger charge is -2.31. The minimum atomic E-state index is -3.43. The van der Waals surface area contributed by atoms with Crippen molar-refractivity contribution in [1.82, 2.24) is 14.4 Å². The molecule has 1 spiro atoms. The molecule has 1 atom stereocenters. The fourth-order valence-electron chi connectivity index (χ4n) is 4.28. The molecule has 2 aromatic carbocycles. The molecule has 0 radical (unpaired) electrons. The van der Waals surface area contributed by atoms with Crippen LogP contribution in [0.1, 0.15) is 31.1 Å². The van der Waals surface area contributed by atoms with E-state index in [1.54, 1.807) is 34.6 Å². The first-order valence-corrected chi connectivity index (χ1v) is 11.4. The largest absolute Gasteiger partial charge is 0.339 e. The average molecular weight is 430 g/mol. The Balaban J connectivity index is 1.28. The molecule has 2 fully saturated rings. The van der Waals surface area contributed by atoms with Gasteiger partial charge in [-0.2, -0.15) is 9.29 Å². The van der Waals surface area contributed by atoms with Crippen LogP contribution >= 0.6 is 11.6 Å². The van der Waals surface area contributed by atoms with Crippen LogP contribution in [0.3, 0.4) is 0 Å². The van der Waals surface area contributed by atoms with Crippen molar-refractivity contribution in [1.29, 1.82) is 0 Å². The molecule has 1 saturated carbocycles. The van der Waals surface area contributed by atoms with Crippen LogP contribution in [0.25, 0.3) is 11.4 Å². The molecular formula is C21H20ClN3O3S. The SMILES string of the molecule is O=S(=O)(c1ccccc1)N1CCC2(CC1)C[C@H]2c1nc(-c2cccc(Cl)c2)no1. The summed E-state index contributed by atoms with van der Waals surface area (Å²) in [5.41, 5.74) is 0.895. The first kappa shape index (κ1) is 18.8. The third-order valence-corrected chi connectivity index (χ3v) is 8.26. The van der Waals surface area contributed by atoms with E-state index in [1.807, 2.05) is 24.3 Å². The standard InChI is InChI=1S/C21H20ClN3O3S/c22-16-6-4-5-15(13-16)19-23-20(28-24-19)18-14-21(18)9-11-25(12-10-21)29(26,27)17-7-2-1-3-8-17/h1-8,13,18H,9-12,14H2/t18-/m0/s1. The first-order chi connectivity index (χ1) is 14.0. The van der Waals surface area contributed by atoms with Gasteiger partial charge in [-0.3, -0.25) is 0 Å². The Morgan fingerprint density at radius 2 is 1.83 bits per heavy atom. The van der Waals surface area contributed by atoms with Crippen molar-refractivity contribution < 1.29 is 12.9 Å². The van der Waals surface area contributed by atoms with Gasteiger partial charge in [0.2, 0.25) is 21.7 Å². The van der Waals surface area contributed by atoms with Gasteiger partial charge < -0.3 is 4.52 Å². The van der Waals surface area contributed by atoms with Crippen molar-refractivity contribution in [3.63, 3.8) is 0 Å². The van der Waals surface area contributed by atoms with E-state index in [-0.39, 0.29) is 11.3 Å². The number of halogens is 1. The van der Waals surface area contributed by atoms with Gasteiger partial charge in [0.25, 0.3) is 0 Å². The number of hydrogen-bond donors (Lipinski definition) is 0. The molecule has 1 aliphatic carbocycles. The minimum absolute atomic E-state index is 0.0703. The summed E-state index contributed by atoms with van der Waals surface area (Å²) in [7, 11) is -3.43. The molecular weight excluding hydrogens is 410 g/mol. The molecule has 6 nitrogen and oxygen atoms in total. The third kappa shape index (κ3) is 3.37. The summed E-state index contributed by atoms with van der Waals surface area (Å²) in [6.07, 6.45) is 2.57. The number of piperidine rings is 1. The van der Waals surface area contributed by atoms with Gasteiger partial charge in [-0.1, -0.05) is 47.1 Å². The van der Waals surface area contributed by atoms with Crippen molar-refractivity contribution in [2.75, 3.05) is 13.1 Å². The average Bonchev–Trinajstić information content (AvgIpc) is 3.20. The summed E-state index contributed by atoms with van der Waals surface area (Å²) in [5.74, 6) is 1.37. The van der Waals surface area contributed by atoms with Crippen LogP contribution in [0, 0.1) is 5.41 Å². The molecule has 2 aliphatic rings. The number of rotatable bonds is 4. The normalized spacial score (nSPS) is 21.3. The van der Waals surface area contributed by atoms with Crippen molar-refractivity contribution >= 4 is 21.6 Å². The summed E-state index contributed by atoms with van der Waals surface area (Å²) in [6, 6.07) is 16.0. The number of hydrogen-bond acceptors (Lipinski definition) is 5. The zero-order valence-corrected chi connectivity index (χ0v) is 17.2. The zero-order chi connectivity index (χ0) is 20.1. The molecule has 8 heteroatoms. The lowest BCUT2D eigenvalue weighted by atomic mass is 9.92. The molecule has 0 bridgehead atoms. The van der Waals surface area contributed by atoms with Crippen molar-refractivity contribution in [2.24, 2.45) is 5.41 Å². The topological polar surface area (TPSA) is 76.3 Å². The van der Waals surface area contributed by atoms with Crippen LogP contribution in [0.4, 0.5) is 0 Å². The second kappa shape index (κ2) is 6.93. The highest BCUT2D eigenvalue weighted by Crippen LogP contribution is 2.64. The molecule has 1 aliphatic heterocycles. The second-order valence-corrected chi connectivity index (χ2v) is 10.2. The number of sulfonamides is 1. The number of benzene rings is 2. The summed E-state index contributed by atoms with van der Waals surface area (Å²) in [4.78, 5) is 4.93. The Kier molecular flexibility index (Phi) is 4.49. The van der Waals surface area contributed by atoms with Crippen molar-refractivity contribution in [3.8, 4) is 11.4 Å². The maximum atomic E-state index is 12.8. The minimum Gasteiger partial charge on any atom is -0.339 e. The van der Waals surface area contributed by atoms with Gasteiger partial charge in [-0.25, -0.2) is 8.42 Å². The van der Waals surface area contributed by atoms with Crippen LogP contribution in [0.5, 0.6) is 0 Å². The Bertz CT molecular complexity index is 1140. The zero-order valence-electron chi connectivity index (χ0n) is 15.7. The van der Waals surface area contributed by atoms with E-state index >= 15 is 0 Å². The van der Waals surface area contributed by atoms with Crippen LogP contribution in [0.15, 0.2) is 64.0 Å². The predicted molar refractivity (Wildman–Crippen MR) is 109 cm³/mol. The van der Waals surface area contributed by atoms with Gasteiger partial charge in [-0.05, 0) is 48.9 Å². The summed E-state index contributed by atoms with van der Waals surface area (Å²) >= 11 is 6.05. The van der Waals surface area contributed by atoms with E-state index < -0.39 is 10.0 Å². The Labute approximate surface area is 174 Å². The van der Waals surface area contributed by atoms with Crippen LogP contribution < -0.4 is 0 Å². The maximum absolute atomic E-state index is 12.8. The van der Waals surface area contributed by atoms with Crippen molar-refractivity contribution in [3.05, 3.63) is 65.5 Å². The second-order valence-electron chi connectivity index (χ2n) is 7.80. The first-order valence-electron chi connectivity index (χ1n) is 9.63. The van der Waals surface area contributed by atoms with Crippen LogP contribution in [-0.4, -0.2) is 36.0 Å². The van der Waals surface area contributed by atoms with Crippen LogP contribution in [0.2, 0.25) is 5.02 Å². The predicted octanol–water partition coefficient (Wildman–Crippen LogP) is 4.35. The molecule has 0 N–H and O–H groups in total. The summed E-state index contributed by atoms with van der Waals surface area (Å²) in [5, 5.41) is 4.74. The van der Waals surface area contributed by atoms with E-state index in [4.69, 9.17) is 16.1 Å². The molecule has 0 amide bonds. The fraction of sp³-hybridized carbons (Fsp3) is 0.333. The molecule has 5 rings (SSSR count). The Morgan fingerprint density at radius 1 is 1.07 bits per heavy atom. The molecule has 150 valence electrons. The highest BCUT2D eigenvalue weighted by Gasteiger charge is 2.59. The highest BCUT2D eigenvalue weighted by atomic mass is 35.5. The molecule has 3 aromatic rings. The van der Waals surface area contributed by atoms with E-state index in [9.17, 15) is 8.42 Å². The van der Waals surface area contributed by atoms with E-state index in [1.165, 1.54) is 0 Å². The number of nitrogens with zero attached hydrogens (tertiary/aromatic N) is 3. The molecule has 29 heavy (non-hydrogen) atoms. The quantitative estimate of drug-likeness (QED) is 0.616. The molecule has 1 saturated heterocycles. The van der Waals surface area contributed by atoms with E-state index in [0.717, 1.165) is 24.8 Å². The lowest BCUT2D eigenvalue weighted by molar-refractivity contribution is 0.242. The summed E-state index contributed by atoms with van der Waals surface area (Å²) < 4.78 is 32.8. The van der Waals surface area contributed by atoms with Gasteiger partial charge in [0.05, 0.1) is 4.90 Å². The molecule has 2 heterocycles. The maximum Gasteiger partial charge on any atom is 0.243 e. The van der Waals surface area contributed by atoms with E-state index in [0.29, 0.717) is 34.7 Å². The molecule has 1 aromatic heterocycles. The third-order valence-electron chi connectivity index (χ3n) is 6.11. The van der Waals surface area contributed by atoms with Gasteiger partial charge >= 0.3 is 0 Å². The number of aromatic nitrogens is 2. The molecule has 0 unspecified atom stereocenters.